The predicted octanol–water partition coefficient (Wildman–Crippen LogP) is 2.56. The number of nitrogens with one attached hydrogen (secondary N) is 1. The van der Waals surface area contributed by atoms with Crippen LogP contribution in [0.15, 0.2) is 0 Å². The second-order valence-corrected chi connectivity index (χ2v) is 3.58. The molecule has 1 heteroatoms. The highest BCUT2D eigenvalue weighted by Crippen LogP contribution is 2.32. The second-order valence-electron chi connectivity index (χ2n) is 3.58. The van der Waals surface area contributed by atoms with Crippen molar-refractivity contribution in [3.8, 4) is 0 Å². The highest BCUT2D eigenvalue weighted by atomic mass is 15.0. The summed E-state index contributed by atoms with van der Waals surface area (Å²) in [5.74, 6) is 1.02. The molecular weight excluding hydrogens is 134 g/mol. The van der Waals surface area contributed by atoms with E-state index in [9.17, 15) is 0 Å². The summed E-state index contributed by atoms with van der Waals surface area (Å²) in [4.78, 5) is 0. The maximum atomic E-state index is 3.62. The van der Waals surface area contributed by atoms with Gasteiger partial charge in [0, 0.05) is 12.1 Å². The van der Waals surface area contributed by atoms with Gasteiger partial charge in [-0.15, -0.1) is 0 Å². The monoisotopic (exact) mass is 155 g/mol. The van der Waals surface area contributed by atoms with E-state index in [4.69, 9.17) is 0 Å². The van der Waals surface area contributed by atoms with Crippen molar-refractivity contribution < 1.29 is 0 Å². The molecular formula is C10H21N. The lowest BCUT2D eigenvalue weighted by atomic mass is 9.88. The van der Waals surface area contributed by atoms with Crippen LogP contribution in [0, 0.1) is 5.92 Å². The van der Waals surface area contributed by atoms with Gasteiger partial charge in [-0.25, -0.2) is 0 Å². The first-order valence-corrected chi connectivity index (χ1v) is 5.12. The topological polar surface area (TPSA) is 12.0 Å². The predicted molar refractivity (Wildman–Crippen MR) is 49.7 cm³/mol. The van der Waals surface area contributed by atoms with Gasteiger partial charge < -0.3 is 5.32 Å². The van der Waals surface area contributed by atoms with Gasteiger partial charge in [-0.2, -0.15) is 0 Å². The van der Waals surface area contributed by atoms with Crippen molar-refractivity contribution >= 4 is 0 Å². The van der Waals surface area contributed by atoms with Crippen LogP contribution in [0.25, 0.3) is 0 Å². The minimum atomic E-state index is 0.817. The van der Waals surface area contributed by atoms with Crippen LogP contribution in [0.5, 0.6) is 0 Å². The molecule has 2 rings (SSSR count). The summed E-state index contributed by atoms with van der Waals surface area (Å²) in [5, 5.41) is 3.62. The second kappa shape index (κ2) is 4.10. The Kier molecular flexibility index (Phi) is 3.38. The van der Waals surface area contributed by atoms with E-state index >= 15 is 0 Å². The van der Waals surface area contributed by atoms with E-state index in [1.807, 2.05) is 13.8 Å². The molecule has 2 bridgehead atoms. The van der Waals surface area contributed by atoms with Crippen LogP contribution in [0.4, 0.5) is 0 Å². The molecule has 0 aromatic carbocycles. The Labute approximate surface area is 70.6 Å². The first-order valence-electron chi connectivity index (χ1n) is 5.12. The molecule has 1 saturated heterocycles. The van der Waals surface area contributed by atoms with Crippen molar-refractivity contribution in [1.29, 1.82) is 0 Å². The summed E-state index contributed by atoms with van der Waals surface area (Å²) in [6.07, 6.45) is 5.83. The summed E-state index contributed by atoms with van der Waals surface area (Å²) in [7, 11) is 0. The molecule has 1 aliphatic heterocycles. The number of fused-ring (bicyclic) bond motifs is 2. The van der Waals surface area contributed by atoms with Crippen molar-refractivity contribution in [2.75, 3.05) is 0 Å². The van der Waals surface area contributed by atoms with E-state index in [1.165, 1.54) is 25.7 Å². The normalized spacial score (nSPS) is 41.2. The molecule has 1 saturated carbocycles. The van der Waals surface area contributed by atoms with Gasteiger partial charge in [0.2, 0.25) is 0 Å². The first-order chi connectivity index (χ1) is 5.36. The maximum absolute atomic E-state index is 3.62. The van der Waals surface area contributed by atoms with E-state index in [-0.39, 0.29) is 0 Å². The Morgan fingerprint density at radius 2 is 1.91 bits per heavy atom. The highest BCUT2D eigenvalue weighted by molar-refractivity contribution is 4.91. The lowest BCUT2D eigenvalue weighted by Crippen LogP contribution is -2.26. The molecule has 0 spiro atoms. The third kappa shape index (κ3) is 1.96. The molecule has 3 unspecified atom stereocenters. The zero-order chi connectivity index (χ0) is 8.27. The van der Waals surface area contributed by atoms with Gasteiger partial charge in [-0.05, 0) is 32.1 Å². The van der Waals surface area contributed by atoms with Gasteiger partial charge in [-0.3, -0.25) is 0 Å². The average molecular weight is 155 g/mol. The van der Waals surface area contributed by atoms with E-state index in [2.05, 4.69) is 12.2 Å². The Hall–Kier alpha value is -0.0400. The lowest BCUT2D eigenvalue weighted by molar-refractivity contribution is 0.391. The molecule has 1 nitrogen and oxygen atoms in total. The standard InChI is InChI=1S/C8H15N.C2H6/c1-6-7-3-2-4-8(5-7)9-6;1-2/h6-9H,2-5H2,1H3;1-2H3. The van der Waals surface area contributed by atoms with Crippen LogP contribution in [0.2, 0.25) is 0 Å². The summed E-state index contributed by atoms with van der Waals surface area (Å²) in [5.41, 5.74) is 0. The minimum absolute atomic E-state index is 0.817. The van der Waals surface area contributed by atoms with Gasteiger partial charge in [0.1, 0.15) is 0 Å². The lowest BCUT2D eigenvalue weighted by Gasteiger charge is -2.16. The van der Waals surface area contributed by atoms with E-state index in [1.54, 1.807) is 0 Å². The van der Waals surface area contributed by atoms with Crippen LogP contribution in [-0.4, -0.2) is 12.1 Å². The molecule has 1 aliphatic carbocycles. The Bertz CT molecular complexity index is 109. The first kappa shape index (κ1) is 9.05. The number of hydrogen-bond donors (Lipinski definition) is 1. The molecule has 2 aliphatic rings. The highest BCUT2D eigenvalue weighted by Gasteiger charge is 2.33. The molecule has 0 radical (unpaired) electrons. The molecule has 66 valence electrons. The van der Waals surface area contributed by atoms with Crippen LogP contribution >= 0.6 is 0 Å². The van der Waals surface area contributed by atoms with Crippen LogP contribution in [0.1, 0.15) is 46.5 Å². The molecule has 0 aromatic rings. The van der Waals surface area contributed by atoms with E-state index in [0.29, 0.717) is 0 Å². The molecule has 11 heavy (non-hydrogen) atoms. The fourth-order valence-corrected chi connectivity index (χ4v) is 2.34. The largest absolute Gasteiger partial charge is 0.311 e. The molecule has 1 heterocycles. The van der Waals surface area contributed by atoms with Crippen molar-refractivity contribution in [2.24, 2.45) is 5.92 Å². The number of rotatable bonds is 0. The molecule has 0 amide bonds. The number of hydrogen-bond acceptors (Lipinski definition) is 1. The van der Waals surface area contributed by atoms with E-state index < -0.39 is 0 Å². The van der Waals surface area contributed by atoms with Crippen LogP contribution < -0.4 is 5.32 Å². The summed E-state index contributed by atoms with van der Waals surface area (Å²) in [6, 6.07) is 1.70. The Balaban J connectivity index is 0.000000281. The smallest absolute Gasteiger partial charge is 0.00728 e. The van der Waals surface area contributed by atoms with Crippen LogP contribution in [-0.2, 0) is 0 Å². The van der Waals surface area contributed by atoms with Gasteiger partial charge >= 0.3 is 0 Å². The maximum Gasteiger partial charge on any atom is 0.00728 e. The van der Waals surface area contributed by atoms with Crippen molar-refractivity contribution in [3.63, 3.8) is 0 Å². The zero-order valence-corrected chi connectivity index (χ0v) is 8.06. The third-order valence-corrected chi connectivity index (χ3v) is 2.92. The fourth-order valence-electron chi connectivity index (χ4n) is 2.34. The SMILES string of the molecule is CC.CC1NC2CCCC1C2. The van der Waals surface area contributed by atoms with Crippen LogP contribution in [0.3, 0.4) is 0 Å². The van der Waals surface area contributed by atoms with Gasteiger partial charge in [0.25, 0.3) is 0 Å². The Morgan fingerprint density at radius 1 is 1.18 bits per heavy atom. The fraction of sp³-hybridized carbons (Fsp3) is 1.00. The Morgan fingerprint density at radius 3 is 2.45 bits per heavy atom. The summed E-state index contributed by atoms with van der Waals surface area (Å²) >= 11 is 0. The summed E-state index contributed by atoms with van der Waals surface area (Å²) < 4.78 is 0. The van der Waals surface area contributed by atoms with E-state index in [0.717, 1.165) is 18.0 Å². The van der Waals surface area contributed by atoms with Gasteiger partial charge in [-0.1, -0.05) is 20.3 Å². The average Bonchev–Trinajstić information content (AvgIpc) is 2.31. The molecule has 0 aromatic heterocycles. The van der Waals surface area contributed by atoms with Crippen molar-refractivity contribution in [1.82, 2.24) is 5.32 Å². The van der Waals surface area contributed by atoms with Gasteiger partial charge in [0.05, 0.1) is 0 Å². The molecule has 3 atom stereocenters. The molecule has 2 fully saturated rings. The minimum Gasteiger partial charge on any atom is -0.311 e. The van der Waals surface area contributed by atoms with Crippen molar-refractivity contribution in [2.45, 2.75) is 58.5 Å². The quantitative estimate of drug-likeness (QED) is 0.567. The third-order valence-electron chi connectivity index (χ3n) is 2.92. The van der Waals surface area contributed by atoms with Crippen molar-refractivity contribution in [3.05, 3.63) is 0 Å². The molecule has 1 N–H and O–H groups in total. The van der Waals surface area contributed by atoms with Gasteiger partial charge in [0.15, 0.2) is 0 Å². The summed E-state index contributed by atoms with van der Waals surface area (Å²) in [6.45, 7) is 6.33. The zero-order valence-electron chi connectivity index (χ0n) is 8.06.